The van der Waals surface area contributed by atoms with Crippen molar-refractivity contribution in [3.8, 4) is 17.2 Å². The molecule has 1 amide bonds. The standard InChI is InChI=1S/C21H24N2O4/c1-12-5-6-13(2)15(9-12)22-21(24)18-17-14(7-8-23(18)3)10-16-19(20(17)25-4)27-11-26-16/h5-6,9-10,18H,7-8,11H2,1-4H3,(H,22,24). The molecular weight excluding hydrogens is 344 g/mol. The van der Waals surface area contributed by atoms with Crippen molar-refractivity contribution in [3.05, 3.63) is 46.5 Å². The third kappa shape index (κ3) is 3.00. The smallest absolute Gasteiger partial charge is 0.246 e. The number of rotatable bonds is 3. The lowest BCUT2D eigenvalue weighted by Gasteiger charge is -2.34. The van der Waals surface area contributed by atoms with Gasteiger partial charge < -0.3 is 19.5 Å². The number of carbonyl (C=O) groups excluding carboxylic acids is 1. The number of anilines is 1. The van der Waals surface area contributed by atoms with E-state index in [9.17, 15) is 4.79 Å². The van der Waals surface area contributed by atoms with E-state index in [-0.39, 0.29) is 12.7 Å². The van der Waals surface area contributed by atoms with Crippen LogP contribution in [0.1, 0.15) is 28.3 Å². The maximum Gasteiger partial charge on any atom is 0.246 e. The summed E-state index contributed by atoms with van der Waals surface area (Å²) in [6.45, 7) is 4.96. The van der Waals surface area contributed by atoms with Crippen LogP contribution in [0.4, 0.5) is 5.69 Å². The quantitative estimate of drug-likeness (QED) is 0.902. The molecule has 2 aliphatic rings. The molecule has 27 heavy (non-hydrogen) atoms. The first-order chi connectivity index (χ1) is 13.0. The summed E-state index contributed by atoms with van der Waals surface area (Å²) in [4.78, 5) is 15.3. The van der Waals surface area contributed by atoms with Gasteiger partial charge in [-0.15, -0.1) is 0 Å². The minimum atomic E-state index is -0.460. The van der Waals surface area contributed by atoms with Gasteiger partial charge in [0.15, 0.2) is 11.5 Å². The molecule has 6 nitrogen and oxygen atoms in total. The van der Waals surface area contributed by atoms with Gasteiger partial charge in [0, 0.05) is 17.8 Å². The number of likely N-dealkylation sites (N-methyl/N-ethyl adjacent to an activating group) is 1. The number of carbonyl (C=O) groups is 1. The summed E-state index contributed by atoms with van der Waals surface area (Å²) in [6.07, 6.45) is 0.825. The van der Waals surface area contributed by atoms with Gasteiger partial charge in [0.05, 0.1) is 7.11 Å². The first-order valence-electron chi connectivity index (χ1n) is 9.07. The molecule has 2 aromatic carbocycles. The van der Waals surface area contributed by atoms with Crippen molar-refractivity contribution in [2.45, 2.75) is 26.3 Å². The molecule has 1 atom stereocenters. The van der Waals surface area contributed by atoms with Crippen molar-refractivity contribution in [1.29, 1.82) is 0 Å². The highest BCUT2D eigenvalue weighted by atomic mass is 16.7. The predicted octanol–water partition coefficient (Wildman–Crippen LogP) is 3.21. The Morgan fingerprint density at radius 3 is 2.85 bits per heavy atom. The van der Waals surface area contributed by atoms with E-state index in [0.29, 0.717) is 17.2 Å². The lowest BCUT2D eigenvalue weighted by molar-refractivity contribution is -0.121. The SMILES string of the molecule is COc1c2c(cc3c1C(C(=O)Nc1cc(C)ccc1C)N(C)CC3)OCO2. The van der Waals surface area contributed by atoms with Crippen molar-refractivity contribution in [3.63, 3.8) is 0 Å². The second kappa shape index (κ2) is 6.78. The van der Waals surface area contributed by atoms with E-state index in [0.717, 1.165) is 40.9 Å². The number of nitrogens with zero attached hydrogens (tertiary/aromatic N) is 1. The van der Waals surface area contributed by atoms with Gasteiger partial charge in [-0.1, -0.05) is 12.1 Å². The van der Waals surface area contributed by atoms with Crippen LogP contribution in [-0.4, -0.2) is 38.3 Å². The number of amides is 1. The fourth-order valence-corrected chi connectivity index (χ4v) is 3.84. The summed E-state index contributed by atoms with van der Waals surface area (Å²) < 4.78 is 16.8. The second-order valence-corrected chi connectivity index (χ2v) is 7.16. The first kappa shape index (κ1) is 17.7. The molecule has 2 aliphatic heterocycles. The minimum absolute atomic E-state index is 0.0793. The van der Waals surface area contributed by atoms with Crippen LogP contribution in [0, 0.1) is 13.8 Å². The van der Waals surface area contributed by atoms with Crippen LogP contribution in [0.3, 0.4) is 0 Å². The zero-order valence-electron chi connectivity index (χ0n) is 16.1. The highest BCUT2D eigenvalue weighted by Gasteiger charge is 2.37. The van der Waals surface area contributed by atoms with Crippen molar-refractivity contribution in [2.75, 3.05) is 32.8 Å². The topological polar surface area (TPSA) is 60.0 Å². The summed E-state index contributed by atoms with van der Waals surface area (Å²) in [7, 11) is 3.56. The minimum Gasteiger partial charge on any atom is -0.492 e. The first-order valence-corrected chi connectivity index (χ1v) is 9.07. The van der Waals surface area contributed by atoms with Gasteiger partial charge in [0.25, 0.3) is 0 Å². The molecule has 2 aromatic rings. The third-order valence-electron chi connectivity index (χ3n) is 5.30. The molecule has 1 N–H and O–H groups in total. The fourth-order valence-electron chi connectivity index (χ4n) is 3.84. The third-order valence-corrected chi connectivity index (χ3v) is 5.30. The van der Waals surface area contributed by atoms with E-state index in [1.54, 1.807) is 7.11 Å². The molecule has 0 radical (unpaired) electrons. The van der Waals surface area contributed by atoms with Crippen molar-refractivity contribution < 1.29 is 19.0 Å². The van der Waals surface area contributed by atoms with E-state index in [1.165, 1.54) is 0 Å². The van der Waals surface area contributed by atoms with Crippen LogP contribution in [0.25, 0.3) is 0 Å². The van der Waals surface area contributed by atoms with E-state index in [4.69, 9.17) is 14.2 Å². The number of methoxy groups -OCH3 is 1. The summed E-state index contributed by atoms with van der Waals surface area (Å²) >= 11 is 0. The molecule has 0 aliphatic carbocycles. The Labute approximate surface area is 159 Å². The molecule has 4 rings (SSSR count). The number of aryl methyl sites for hydroxylation is 2. The molecule has 6 heteroatoms. The highest BCUT2D eigenvalue weighted by molar-refractivity contribution is 5.97. The summed E-state index contributed by atoms with van der Waals surface area (Å²) in [5.74, 6) is 1.77. The maximum absolute atomic E-state index is 13.3. The molecule has 0 fully saturated rings. The average molecular weight is 368 g/mol. The summed E-state index contributed by atoms with van der Waals surface area (Å²) in [5.41, 5.74) is 4.90. The van der Waals surface area contributed by atoms with Gasteiger partial charge in [-0.25, -0.2) is 0 Å². The fraction of sp³-hybridized carbons (Fsp3) is 0.381. The second-order valence-electron chi connectivity index (χ2n) is 7.16. The Morgan fingerprint density at radius 1 is 1.26 bits per heavy atom. The Hall–Kier alpha value is -2.73. The molecule has 0 aromatic heterocycles. The molecule has 0 saturated carbocycles. The van der Waals surface area contributed by atoms with Gasteiger partial charge in [-0.3, -0.25) is 9.69 Å². The number of nitrogens with one attached hydrogen (secondary N) is 1. The van der Waals surface area contributed by atoms with Gasteiger partial charge in [0.2, 0.25) is 18.4 Å². The molecule has 2 heterocycles. The van der Waals surface area contributed by atoms with E-state index < -0.39 is 6.04 Å². The Balaban J connectivity index is 1.76. The number of hydrogen-bond acceptors (Lipinski definition) is 5. The number of benzene rings is 2. The van der Waals surface area contributed by atoms with E-state index in [1.807, 2.05) is 50.1 Å². The zero-order chi connectivity index (χ0) is 19.1. The highest BCUT2D eigenvalue weighted by Crippen LogP contribution is 2.49. The zero-order valence-corrected chi connectivity index (χ0v) is 16.1. The molecule has 1 unspecified atom stereocenters. The molecule has 0 bridgehead atoms. The lowest BCUT2D eigenvalue weighted by Crippen LogP contribution is -2.40. The van der Waals surface area contributed by atoms with E-state index >= 15 is 0 Å². The molecule has 0 spiro atoms. The maximum atomic E-state index is 13.3. The predicted molar refractivity (Wildman–Crippen MR) is 103 cm³/mol. The van der Waals surface area contributed by atoms with E-state index in [2.05, 4.69) is 5.32 Å². The van der Waals surface area contributed by atoms with Crippen LogP contribution in [-0.2, 0) is 11.2 Å². The van der Waals surface area contributed by atoms with Crippen molar-refractivity contribution >= 4 is 11.6 Å². The Morgan fingerprint density at radius 2 is 2.07 bits per heavy atom. The monoisotopic (exact) mass is 368 g/mol. The van der Waals surface area contributed by atoms with Crippen LogP contribution in [0.5, 0.6) is 17.2 Å². The normalized spacial score (nSPS) is 18.1. The largest absolute Gasteiger partial charge is 0.492 e. The van der Waals surface area contributed by atoms with Gasteiger partial charge in [-0.05, 0) is 56.1 Å². The van der Waals surface area contributed by atoms with Crippen LogP contribution < -0.4 is 19.5 Å². The van der Waals surface area contributed by atoms with Gasteiger partial charge in [0.1, 0.15) is 6.04 Å². The Kier molecular flexibility index (Phi) is 4.44. The lowest BCUT2D eigenvalue weighted by atomic mass is 9.90. The molecular formula is C21H24N2O4. The van der Waals surface area contributed by atoms with Crippen molar-refractivity contribution in [1.82, 2.24) is 4.90 Å². The molecule has 0 saturated heterocycles. The van der Waals surface area contributed by atoms with Crippen LogP contribution in [0.15, 0.2) is 24.3 Å². The number of hydrogen-bond donors (Lipinski definition) is 1. The van der Waals surface area contributed by atoms with Gasteiger partial charge in [-0.2, -0.15) is 0 Å². The summed E-state index contributed by atoms with van der Waals surface area (Å²) in [5, 5.41) is 3.10. The van der Waals surface area contributed by atoms with Crippen molar-refractivity contribution in [2.24, 2.45) is 0 Å². The van der Waals surface area contributed by atoms with Crippen LogP contribution in [0.2, 0.25) is 0 Å². The summed E-state index contributed by atoms with van der Waals surface area (Å²) in [6, 6.07) is 7.57. The van der Waals surface area contributed by atoms with Gasteiger partial charge >= 0.3 is 0 Å². The number of fused-ring (bicyclic) bond motifs is 2. The number of ether oxygens (including phenoxy) is 3. The Bertz CT molecular complexity index is 910. The van der Waals surface area contributed by atoms with Crippen LogP contribution >= 0.6 is 0 Å². The average Bonchev–Trinajstić information content (AvgIpc) is 3.11. The molecule has 142 valence electrons.